The van der Waals surface area contributed by atoms with Gasteiger partial charge in [-0.25, -0.2) is 0 Å². The number of ether oxygens (including phenoxy) is 1. The normalized spacial score (nSPS) is 24.7. The van der Waals surface area contributed by atoms with Crippen LogP contribution >= 0.6 is 11.6 Å². The van der Waals surface area contributed by atoms with Crippen molar-refractivity contribution >= 4 is 22.5 Å². The topological polar surface area (TPSA) is 25.0 Å². The van der Waals surface area contributed by atoms with E-state index >= 15 is 0 Å². The number of fused-ring (bicyclic) bond motifs is 3. The number of H-pyrrole nitrogens is 1. The van der Waals surface area contributed by atoms with Crippen LogP contribution in [0.2, 0.25) is 5.02 Å². The van der Waals surface area contributed by atoms with Crippen LogP contribution in [0, 0.1) is 0 Å². The summed E-state index contributed by atoms with van der Waals surface area (Å²) in [4.78, 5) is 3.43. The van der Waals surface area contributed by atoms with Gasteiger partial charge in [0, 0.05) is 23.1 Å². The lowest BCUT2D eigenvalue weighted by Gasteiger charge is -2.25. The van der Waals surface area contributed by atoms with E-state index in [0.717, 1.165) is 17.0 Å². The minimum atomic E-state index is 0.144. The van der Waals surface area contributed by atoms with E-state index in [9.17, 15) is 0 Å². The van der Waals surface area contributed by atoms with Crippen LogP contribution < -0.4 is 0 Å². The van der Waals surface area contributed by atoms with Gasteiger partial charge in [-0.1, -0.05) is 23.7 Å². The zero-order valence-corrected chi connectivity index (χ0v) is 10.1. The molecule has 0 bridgehead atoms. The van der Waals surface area contributed by atoms with Gasteiger partial charge in [-0.15, -0.1) is 0 Å². The van der Waals surface area contributed by atoms with Crippen molar-refractivity contribution in [3.05, 3.63) is 34.5 Å². The van der Waals surface area contributed by atoms with Crippen molar-refractivity contribution in [2.24, 2.45) is 0 Å². The van der Waals surface area contributed by atoms with Crippen LogP contribution in [0.4, 0.5) is 0 Å². The Hall–Kier alpha value is -0.990. The minimum absolute atomic E-state index is 0.144. The summed E-state index contributed by atoms with van der Waals surface area (Å²) in [6, 6.07) is 6.01. The Morgan fingerprint density at radius 2 is 2.19 bits per heavy atom. The van der Waals surface area contributed by atoms with Crippen molar-refractivity contribution < 1.29 is 4.74 Å². The summed E-state index contributed by atoms with van der Waals surface area (Å²) in [7, 11) is 0. The predicted molar refractivity (Wildman–Crippen MR) is 66.0 cm³/mol. The molecule has 3 rings (SSSR count). The largest absolute Gasteiger partial charge is 0.370 e. The Morgan fingerprint density at radius 1 is 1.38 bits per heavy atom. The minimum Gasteiger partial charge on any atom is -0.370 e. The molecule has 1 aliphatic rings. The first-order valence-corrected chi connectivity index (χ1v) is 5.99. The summed E-state index contributed by atoms with van der Waals surface area (Å²) in [6.45, 7) is 4.20. The Kier molecular flexibility index (Phi) is 2.23. The van der Waals surface area contributed by atoms with Gasteiger partial charge in [0.2, 0.25) is 0 Å². The van der Waals surface area contributed by atoms with Crippen LogP contribution in [-0.4, -0.2) is 11.1 Å². The summed E-state index contributed by atoms with van der Waals surface area (Å²) >= 11 is 6.19. The third-order valence-corrected chi connectivity index (χ3v) is 3.55. The van der Waals surface area contributed by atoms with Gasteiger partial charge in [0.05, 0.1) is 22.7 Å². The fourth-order valence-corrected chi connectivity index (χ4v) is 2.86. The number of aromatic amines is 1. The Morgan fingerprint density at radius 3 is 3.00 bits per heavy atom. The summed E-state index contributed by atoms with van der Waals surface area (Å²) in [5, 5.41) is 1.98. The summed E-state index contributed by atoms with van der Waals surface area (Å²) in [5.41, 5.74) is 3.59. The van der Waals surface area contributed by atoms with Crippen LogP contribution in [0.3, 0.4) is 0 Å². The maximum absolute atomic E-state index is 6.19. The molecule has 0 saturated carbocycles. The monoisotopic (exact) mass is 235 g/mol. The van der Waals surface area contributed by atoms with Crippen molar-refractivity contribution in [3.63, 3.8) is 0 Å². The van der Waals surface area contributed by atoms with Gasteiger partial charge in [0.15, 0.2) is 0 Å². The molecule has 2 aromatic rings. The predicted octanol–water partition coefficient (Wildman–Crippen LogP) is 3.84. The number of hydrogen-bond donors (Lipinski definition) is 1. The highest BCUT2D eigenvalue weighted by molar-refractivity contribution is 6.35. The first-order valence-electron chi connectivity index (χ1n) is 5.61. The highest BCUT2D eigenvalue weighted by Crippen LogP contribution is 2.37. The molecule has 84 valence electrons. The number of benzene rings is 1. The van der Waals surface area contributed by atoms with Gasteiger partial charge in [-0.2, -0.15) is 0 Å². The average molecular weight is 236 g/mol. The molecule has 16 heavy (non-hydrogen) atoms. The molecule has 1 aromatic heterocycles. The highest BCUT2D eigenvalue weighted by atomic mass is 35.5. The summed E-state index contributed by atoms with van der Waals surface area (Å²) in [6.07, 6.45) is 1.35. The molecule has 2 atom stereocenters. The van der Waals surface area contributed by atoms with E-state index in [-0.39, 0.29) is 12.2 Å². The van der Waals surface area contributed by atoms with Gasteiger partial charge in [0.1, 0.15) is 0 Å². The summed E-state index contributed by atoms with van der Waals surface area (Å²) in [5.74, 6) is 0. The number of aromatic nitrogens is 1. The molecule has 2 heterocycles. The second kappa shape index (κ2) is 3.51. The number of hydrogen-bond acceptors (Lipinski definition) is 1. The molecule has 2 unspecified atom stereocenters. The number of rotatable bonds is 0. The maximum atomic E-state index is 6.19. The fraction of sp³-hybridized carbons (Fsp3) is 0.385. The third-order valence-electron chi connectivity index (χ3n) is 3.24. The Balaban J connectivity index is 2.30. The molecule has 2 nitrogen and oxygen atoms in total. The molecule has 0 spiro atoms. The number of para-hydroxylation sites is 1. The smallest absolute Gasteiger partial charge is 0.0824 e. The quantitative estimate of drug-likeness (QED) is 0.737. The van der Waals surface area contributed by atoms with E-state index in [2.05, 4.69) is 24.9 Å². The molecule has 3 heteroatoms. The molecule has 0 radical (unpaired) electrons. The molecule has 0 saturated heterocycles. The van der Waals surface area contributed by atoms with Gasteiger partial charge in [-0.05, 0) is 19.9 Å². The molecule has 1 aromatic carbocycles. The van der Waals surface area contributed by atoms with Crippen molar-refractivity contribution in [2.45, 2.75) is 32.5 Å². The Bertz CT molecular complexity index is 546. The van der Waals surface area contributed by atoms with Crippen molar-refractivity contribution in [2.75, 3.05) is 0 Å². The standard InChI is InChI=1S/C13H14ClNO/c1-7-6-11-12(8(2)16-7)9-4-3-5-10(14)13(9)15-11/h3-5,7-8,15H,6H2,1-2H3. The first kappa shape index (κ1) is 10.2. The van der Waals surface area contributed by atoms with Gasteiger partial charge in [0.25, 0.3) is 0 Å². The van der Waals surface area contributed by atoms with E-state index in [4.69, 9.17) is 16.3 Å². The maximum Gasteiger partial charge on any atom is 0.0824 e. The number of nitrogens with one attached hydrogen (secondary N) is 1. The summed E-state index contributed by atoms with van der Waals surface area (Å²) < 4.78 is 5.86. The number of halogens is 1. The fourth-order valence-electron chi connectivity index (χ4n) is 2.63. The highest BCUT2D eigenvalue weighted by Gasteiger charge is 2.26. The lowest BCUT2D eigenvalue weighted by Crippen LogP contribution is -2.21. The lowest BCUT2D eigenvalue weighted by molar-refractivity contribution is -0.00436. The van der Waals surface area contributed by atoms with Crippen LogP contribution in [-0.2, 0) is 11.2 Å². The van der Waals surface area contributed by atoms with Gasteiger partial charge >= 0.3 is 0 Å². The van der Waals surface area contributed by atoms with Crippen LogP contribution in [0.15, 0.2) is 18.2 Å². The molecule has 0 amide bonds. The van der Waals surface area contributed by atoms with Crippen LogP contribution in [0.25, 0.3) is 10.9 Å². The second-order valence-electron chi connectivity index (χ2n) is 4.47. The second-order valence-corrected chi connectivity index (χ2v) is 4.88. The average Bonchev–Trinajstić information content (AvgIpc) is 2.57. The molecular weight excluding hydrogens is 222 g/mol. The molecule has 1 aliphatic heterocycles. The molecule has 0 fully saturated rings. The van der Waals surface area contributed by atoms with E-state index < -0.39 is 0 Å². The first-order chi connectivity index (χ1) is 7.66. The van der Waals surface area contributed by atoms with Crippen molar-refractivity contribution in [1.29, 1.82) is 0 Å². The SMILES string of the molecule is CC1Cc2[nH]c3c(Cl)cccc3c2C(C)O1. The van der Waals surface area contributed by atoms with E-state index in [1.165, 1.54) is 16.6 Å². The molecular formula is C13H14ClNO. The zero-order chi connectivity index (χ0) is 11.3. The molecule has 1 N–H and O–H groups in total. The van der Waals surface area contributed by atoms with Crippen molar-refractivity contribution in [3.8, 4) is 0 Å². The van der Waals surface area contributed by atoms with E-state index in [1.54, 1.807) is 0 Å². The van der Waals surface area contributed by atoms with Crippen molar-refractivity contribution in [1.82, 2.24) is 4.98 Å². The van der Waals surface area contributed by atoms with E-state index in [1.807, 2.05) is 12.1 Å². The van der Waals surface area contributed by atoms with E-state index in [0.29, 0.717) is 0 Å². The van der Waals surface area contributed by atoms with Crippen LogP contribution in [0.5, 0.6) is 0 Å². The lowest BCUT2D eigenvalue weighted by atomic mass is 10.00. The third kappa shape index (κ3) is 1.37. The van der Waals surface area contributed by atoms with Gasteiger partial charge in [-0.3, -0.25) is 0 Å². The Labute approximate surface area is 99.6 Å². The molecule has 0 aliphatic carbocycles. The van der Waals surface area contributed by atoms with Crippen LogP contribution in [0.1, 0.15) is 31.2 Å². The zero-order valence-electron chi connectivity index (χ0n) is 9.38. The van der Waals surface area contributed by atoms with Gasteiger partial charge < -0.3 is 9.72 Å².